The van der Waals surface area contributed by atoms with E-state index in [4.69, 9.17) is 25.5 Å². The van der Waals surface area contributed by atoms with Crippen LogP contribution in [0, 0.1) is 0 Å². The Morgan fingerprint density at radius 2 is 1.86 bits per heavy atom. The summed E-state index contributed by atoms with van der Waals surface area (Å²) >= 11 is 8.16. The van der Waals surface area contributed by atoms with Crippen LogP contribution in [0.3, 0.4) is 0 Å². The molecule has 0 fully saturated rings. The molecule has 220 valence electrons. The zero-order valence-electron chi connectivity index (χ0n) is 25.1. The van der Waals surface area contributed by atoms with E-state index >= 15 is 0 Å². The Balaban J connectivity index is 1.46. The average Bonchev–Trinajstić information content (AvgIpc) is 3.66. The minimum Gasteiger partial charge on any atom is -0.542 e. The van der Waals surface area contributed by atoms with E-state index in [9.17, 15) is 4.79 Å². The van der Waals surface area contributed by atoms with Crippen LogP contribution in [0.2, 0.25) is 23.2 Å². The van der Waals surface area contributed by atoms with Gasteiger partial charge < -0.3 is 13.9 Å². The Bertz CT molecular complexity index is 1770. The number of rotatable bonds is 8. The number of hydrogen-bond donors (Lipinski definition) is 0. The maximum Gasteiger partial charge on any atom is 0.351 e. The van der Waals surface area contributed by atoms with E-state index in [1.807, 2.05) is 73.4 Å². The lowest BCUT2D eigenvalue weighted by molar-refractivity contribution is 0.0600. The van der Waals surface area contributed by atoms with Crippen molar-refractivity contribution < 1.29 is 18.7 Å². The van der Waals surface area contributed by atoms with Gasteiger partial charge in [0.25, 0.3) is 8.32 Å². The van der Waals surface area contributed by atoms with Gasteiger partial charge >= 0.3 is 5.97 Å². The Labute approximate surface area is 255 Å². The quantitative estimate of drug-likeness (QED) is 0.128. The van der Waals surface area contributed by atoms with Gasteiger partial charge in [-0.05, 0) is 48.8 Å². The summed E-state index contributed by atoms with van der Waals surface area (Å²) < 4.78 is 21.7. The van der Waals surface area contributed by atoms with Gasteiger partial charge in [0, 0.05) is 30.4 Å². The lowest BCUT2D eigenvalue weighted by Gasteiger charge is -2.37. The lowest BCUT2D eigenvalue weighted by Crippen LogP contribution is -2.44. The fourth-order valence-corrected chi connectivity index (χ4v) is 6.75. The van der Waals surface area contributed by atoms with Crippen molar-refractivity contribution in [2.24, 2.45) is 7.05 Å². The van der Waals surface area contributed by atoms with Crippen LogP contribution in [0.5, 0.6) is 11.5 Å². The number of esters is 1. The first-order valence-electron chi connectivity index (χ1n) is 13.6. The topological polar surface area (TPSA) is 80.4 Å². The van der Waals surface area contributed by atoms with Crippen molar-refractivity contribution in [3.63, 3.8) is 0 Å². The Hall–Kier alpha value is -3.60. The van der Waals surface area contributed by atoms with Gasteiger partial charge in [0.2, 0.25) is 0 Å². The minimum atomic E-state index is -2.11. The van der Waals surface area contributed by atoms with Gasteiger partial charge in [-0.2, -0.15) is 5.10 Å². The summed E-state index contributed by atoms with van der Waals surface area (Å²) in [5.41, 5.74) is 4.54. The van der Waals surface area contributed by atoms with E-state index in [1.165, 1.54) is 18.4 Å². The first-order valence-corrected chi connectivity index (χ1v) is 17.7. The molecule has 0 aliphatic rings. The SMILES string of the molecule is COC(=O)c1sc(-n2cnc3cc(-c4cnn(C)c4)ccc32)cc1O[C@H](C)c1cccc(O[Si](C)(C)C(C)(C)C)c1Cl. The molecule has 42 heavy (non-hydrogen) atoms. The van der Waals surface area contributed by atoms with Crippen molar-refractivity contribution in [3.05, 3.63) is 76.6 Å². The molecule has 3 heterocycles. The lowest BCUT2D eigenvalue weighted by atomic mass is 10.1. The van der Waals surface area contributed by atoms with Crippen LogP contribution in [-0.2, 0) is 11.8 Å². The predicted molar refractivity (Wildman–Crippen MR) is 171 cm³/mol. The number of thiophene rings is 1. The summed E-state index contributed by atoms with van der Waals surface area (Å²) in [5.74, 6) is 0.582. The predicted octanol–water partition coefficient (Wildman–Crippen LogP) is 8.45. The number of halogens is 1. The number of carbonyl (C=O) groups is 1. The zero-order chi connectivity index (χ0) is 30.4. The van der Waals surface area contributed by atoms with Crippen LogP contribution >= 0.6 is 22.9 Å². The fourth-order valence-electron chi connectivity index (χ4n) is 4.34. The van der Waals surface area contributed by atoms with Gasteiger partial charge in [-0.3, -0.25) is 9.25 Å². The number of ether oxygens (including phenoxy) is 2. The largest absolute Gasteiger partial charge is 0.542 e. The van der Waals surface area contributed by atoms with E-state index < -0.39 is 20.4 Å². The molecule has 0 aliphatic carbocycles. The molecule has 3 aromatic heterocycles. The molecular formula is C31H35ClN4O4SSi. The Morgan fingerprint density at radius 1 is 1.10 bits per heavy atom. The van der Waals surface area contributed by atoms with Gasteiger partial charge in [0.15, 0.2) is 4.88 Å². The molecule has 0 bridgehead atoms. The van der Waals surface area contributed by atoms with Crippen molar-refractivity contribution in [2.45, 2.75) is 51.9 Å². The highest BCUT2D eigenvalue weighted by Gasteiger charge is 2.39. The molecule has 0 unspecified atom stereocenters. The second-order valence-corrected chi connectivity index (χ2v) is 17.9. The second-order valence-electron chi connectivity index (χ2n) is 11.8. The molecule has 2 aromatic carbocycles. The van der Waals surface area contributed by atoms with Crippen molar-refractivity contribution in [1.29, 1.82) is 0 Å². The van der Waals surface area contributed by atoms with Crippen LogP contribution in [0.25, 0.3) is 27.2 Å². The Kier molecular flexibility index (Phi) is 7.99. The summed E-state index contributed by atoms with van der Waals surface area (Å²) in [4.78, 5) is 17.8. The second kappa shape index (κ2) is 11.2. The summed E-state index contributed by atoms with van der Waals surface area (Å²) in [6.45, 7) is 12.8. The monoisotopic (exact) mass is 622 g/mol. The van der Waals surface area contributed by atoms with Gasteiger partial charge in [-0.15, -0.1) is 11.3 Å². The van der Waals surface area contributed by atoms with E-state index in [0.717, 1.165) is 32.7 Å². The first kappa shape index (κ1) is 29.9. The van der Waals surface area contributed by atoms with Crippen molar-refractivity contribution >= 4 is 48.3 Å². The number of benzene rings is 2. The number of hydrogen-bond acceptors (Lipinski definition) is 7. The molecular weight excluding hydrogens is 588 g/mol. The number of nitrogens with zero attached hydrogens (tertiary/aromatic N) is 4. The maximum atomic E-state index is 12.8. The number of aromatic nitrogens is 4. The highest BCUT2D eigenvalue weighted by Crippen LogP contribution is 2.42. The standard InChI is InChI=1S/C31H35ClN4O4SSi/c1-19(22-10-9-11-25(28(22)32)40-42(7,8)31(2,3)4)39-26-15-27(41-29(26)30(37)38-6)36-18-33-23-14-20(12-13-24(23)36)21-16-34-35(5)17-21/h9-19H,1-8H3/t19-/m1/s1. The third-order valence-corrected chi connectivity index (χ3v) is 13.6. The maximum absolute atomic E-state index is 12.8. The van der Waals surface area contributed by atoms with Crippen LogP contribution in [0.4, 0.5) is 0 Å². The third kappa shape index (κ3) is 5.71. The molecule has 1 atom stereocenters. The Morgan fingerprint density at radius 3 is 2.52 bits per heavy atom. The van der Waals surface area contributed by atoms with Gasteiger partial charge in [-0.25, -0.2) is 9.78 Å². The van der Waals surface area contributed by atoms with Gasteiger partial charge in [0.05, 0.1) is 29.4 Å². The molecule has 0 saturated heterocycles. The molecule has 0 radical (unpaired) electrons. The zero-order valence-corrected chi connectivity index (χ0v) is 27.6. The highest BCUT2D eigenvalue weighted by molar-refractivity contribution is 7.16. The summed E-state index contributed by atoms with van der Waals surface area (Å²) in [5, 5.41) is 5.57. The number of carbonyl (C=O) groups excluding carboxylic acids is 1. The highest BCUT2D eigenvalue weighted by atomic mass is 35.5. The van der Waals surface area contributed by atoms with Gasteiger partial charge in [0.1, 0.15) is 28.9 Å². The number of imidazole rings is 1. The normalized spacial score (nSPS) is 12.9. The first-order chi connectivity index (χ1) is 19.8. The van der Waals surface area contributed by atoms with Crippen LogP contribution < -0.4 is 9.16 Å². The smallest absolute Gasteiger partial charge is 0.351 e. The average molecular weight is 623 g/mol. The van der Waals surface area contributed by atoms with Crippen LogP contribution in [0.1, 0.15) is 49.0 Å². The van der Waals surface area contributed by atoms with Crippen molar-refractivity contribution in [1.82, 2.24) is 19.3 Å². The van der Waals surface area contributed by atoms with E-state index in [1.54, 1.807) is 11.0 Å². The third-order valence-electron chi connectivity index (χ3n) is 7.78. The summed E-state index contributed by atoms with van der Waals surface area (Å²) in [6, 6.07) is 13.6. The molecule has 5 rings (SSSR count). The number of aryl methyl sites for hydroxylation is 1. The number of fused-ring (bicyclic) bond motifs is 1. The molecule has 8 nitrogen and oxygen atoms in total. The molecule has 0 saturated carbocycles. The van der Waals surface area contributed by atoms with Crippen LogP contribution in [-0.4, -0.2) is 40.7 Å². The van der Waals surface area contributed by atoms with E-state index in [2.05, 4.69) is 43.9 Å². The number of methoxy groups -OCH3 is 1. The molecule has 0 aliphatic heterocycles. The molecule has 0 amide bonds. The van der Waals surface area contributed by atoms with Crippen molar-refractivity contribution in [2.75, 3.05) is 7.11 Å². The van der Waals surface area contributed by atoms with E-state index in [-0.39, 0.29) is 5.04 Å². The molecule has 11 heteroatoms. The van der Waals surface area contributed by atoms with E-state index in [0.29, 0.717) is 21.4 Å². The summed E-state index contributed by atoms with van der Waals surface area (Å²) in [6.07, 6.45) is 5.07. The molecule has 5 aromatic rings. The summed E-state index contributed by atoms with van der Waals surface area (Å²) in [7, 11) is 1.14. The minimum absolute atomic E-state index is 0.0226. The van der Waals surface area contributed by atoms with Crippen molar-refractivity contribution in [3.8, 4) is 27.6 Å². The van der Waals surface area contributed by atoms with Gasteiger partial charge in [-0.1, -0.05) is 50.6 Å². The molecule has 0 N–H and O–H groups in total. The molecule has 0 spiro atoms. The fraction of sp³-hybridized carbons (Fsp3) is 0.323. The van der Waals surface area contributed by atoms with Crippen LogP contribution in [0.15, 0.2) is 61.2 Å².